The van der Waals surface area contributed by atoms with Crippen LogP contribution in [0, 0.1) is 0 Å². The van der Waals surface area contributed by atoms with Crippen LogP contribution in [-0.4, -0.2) is 81.4 Å². The van der Waals surface area contributed by atoms with Crippen molar-refractivity contribution < 1.29 is 39.8 Å². The summed E-state index contributed by atoms with van der Waals surface area (Å²) in [4.78, 5) is 11.2. The summed E-state index contributed by atoms with van der Waals surface area (Å²) in [6.07, 6.45) is -3.66. The Kier molecular flexibility index (Phi) is 7.33. The molecule has 3 rings (SSSR count). The van der Waals surface area contributed by atoms with Crippen LogP contribution in [0.15, 0.2) is 24.3 Å². The van der Waals surface area contributed by atoms with Crippen LogP contribution in [0.1, 0.15) is 43.6 Å². The Balaban J connectivity index is 1.73. The lowest BCUT2D eigenvalue weighted by Crippen LogP contribution is -2.61. The number of aliphatic carboxylic acids is 1. The van der Waals surface area contributed by atoms with Gasteiger partial charge in [-0.15, -0.1) is 0 Å². The summed E-state index contributed by atoms with van der Waals surface area (Å²) in [5.41, 5.74) is 0.159. The van der Waals surface area contributed by atoms with Crippen LogP contribution >= 0.6 is 0 Å². The summed E-state index contributed by atoms with van der Waals surface area (Å²) in [6, 6.07) is 6.93. The monoisotopic (exact) mass is 425 g/mol. The molecule has 0 radical (unpaired) electrons. The van der Waals surface area contributed by atoms with Gasteiger partial charge in [0.2, 0.25) is 6.29 Å². The molecule has 1 aliphatic carbocycles. The van der Waals surface area contributed by atoms with E-state index in [1.807, 2.05) is 19.2 Å². The molecule has 0 bridgehead atoms. The van der Waals surface area contributed by atoms with Gasteiger partial charge in [-0.3, -0.25) is 0 Å². The van der Waals surface area contributed by atoms with E-state index in [0.29, 0.717) is 12.3 Å². The molecule has 6 atom stereocenters. The molecule has 9 nitrogen and oxygen atoms in total. The van der Waals surface area contributed by atoms with E-state index in [1.165, 1.54) is 0 Å². The first-order valence-electron chi connectivity index (χ1n) is 10.3. The molecule has 1 saturated carbocycles. The fourth-order valence-corrected chi connectivity index (χ4v) is 4.40. The van der Waals surface area contributed by atoms with E-state index in [9.17, 15) is 25.2 Å². The summed E-state index contributed by atoms with van der Waals surface area (Å²) in [6.45, 7) is 0.617. The highest BCUT2D eigenvalue weighted by molar-refractivity contribution is 5.73. The fourth-order valence-electron chi connectivity index (χ4n) is 4.40. The van der Waals surface area contributed by atoms with Gasteiger partial charge >= 0.3 is 5.97 Å². The normalized spacial score (nSPS) is 32.4. The number of rotatable bonds is 7. The Bertz CT molecular complexity index is 705. The predicted molar refractivity (Wildman–Crippen MR) is 106 cm³/mol. The van der Waals surface area contributed by atoms with Gasteiger partial charge in [0.15, 0.2) is 6.10 Å². The number of aliphatic hydroxyl groups is 4. The Morgan fingerprint density at radius 2 is 1.77 bits per heavy atom. The van der Waals surface area contributed by atoms with Crippen LogP contribution in [0.25, 0.3) is 0 Å². The van der Waals surface area contributed by atoms with Crippen molar-refractivity contribution >= 4 is 5.97 Å². The number of hydrogen-bond donors (Lipinski definition) is 6. The van der Waals surface area contributed by atoms with E-state index < -0.39 is 42.3 Å². The number of carbonyl (C=O) groups is 1. The molecule has 6 N–H and O–H groups in total. The Morgan fingerprint density at radius 1 is 1.13 bits per heavy atom. The highest BCUT2D eigenvalue weighted by atomic mass is 16.7. The van der Waals surface area contributed by atoms with Crippen LogP contribution in [0.2, 0.25) is 0 Å². The van der Waals surface area contributed by atoms with Crippen molar-refractivity contribution in [2.24, 2.45) is 0 Å². The lowest BCUT2D eigenvalue weighted by atomic mass is 9.73. The molecule has 1 aliphatic heterocycles. The van der Waals surface area contributed by atoms with Crippen molar-refractivity contribution in [3.8, 4) is 5.75 Å². The van der Waals surface area contributed by atoms with Crippen LogP contribution in [0.5, 0.6) is 5.75 Å². The Labute approximate surface area is 175 Å². The van der Waals surface area contributed by atoms with Crippen molar-refractivity contribution in [2.45, 2.75) is 74.3 Å². The van der Waals surface area contributed by atoms with Crippen LogP contribution in [0.3, 0.4) is 0 Å². The van der Waals surface area contributed by atoms with Crippen molar-refractivity contribution in [1.29, 1.82) is 0 Å². The summed E-state index contributed by atoms with van der Waals surface area (Å²) in [7, 11) is 1.84. The van der Waals surface area contributed by atoms with Gasteiger partial charge < -0.3 is 40.3 Å². The molecule has 1 saturated heterocycles. The molecule has 0 spiro atoms. The van der Waals surface area contributed by atoms with Gasteiger partial charge in [0.05, 0.1) is 5.60 Å². The number of carboxylic acid groups (broad SMARTS) is 1. The van der Waals surface area contributed by atoms with Gasteiger partial charge in [-0.25, -0.2) is 4.79 Å². The minimum Gasteiger partial charge on any atom is -0.479 e. The summed E-state index contributed by atoms with van der Waals surface area (Å²) in [5, 5.41) is 53.2. The second-order valence-corrected chi connectivity index (χ2v) is 8.20. The van der Waals surface area contributed by atoms with Crippen molar-refractivity contribution in [3.05, 3.63) is 29.8 Å². The average Bonchev–Trinajstić information content (AvgIpc) is 2.73. The number of carboxylic acids is 1. The first-order valence-corrected chi connectivity index (χ1v) is 10.3. The van der Waals surface area contributed by atoms with Crippen LogP contribution in [0.4, 0.5) is 0 Å². The lowest BCUT2D eigenvalue weighted by molar-refractivity contribution is -0.271. The molecule has 2 aliphatic rings. The minimum atomic E-state index is -1.77. The zero-order chi connectivity index (χ0) is 21.9. The zero-order valence-electron chi connectivity index (χ0n) is 17.0. The molecular weight excluding hydrogens is 394 g/mol. The highest BCUT2D eigenvalue weighted by Gasteiger charge is 2.48. The van der Waals surface area contributed by atoms with Crippen LogP contribution < -0.4 is 10.1 Å². The number of likely N-dealkylation sites (N-methyl/N-ethyl adjacent to an activating group) is 1. The molecule has 1 aromatic rings. The predicted octanol–water partition coefficient (Wildman–Crippen LogP) is -0.0442. The quantitative estimate of drug-likeness (QED) is 0.354. The van der Waals surface area contributed by atoms with Crippen LogP contribution in [-0.2, 0) is 9.53 Å². The maximum Gasteiger partial charge on any atom is 0.335 e. The van der Waals surface area contributed by atoms with Gasteiger partial charge in [0, 0.05) is 12.5 Å². The van der Waals surface area contributed by atoms with Crippen molar-refractivity contribution in [3.63, 3.8) is 0 Å². The molecule has 2 fully saturated rings. The minimum absolute atomic E-state index is 0.0956. The molecule has 30 heavy (non-hydrogen) atoms. The van der Waals surface area contributed by atoms with Gasteiger partial charge in [-0.05, 0) is 37.6 Å². The number of aliphatic hydroxyl groups excluding tert-OH is 3. The largest absolute Gasteiger partial charge is 0.479 e. The molecule has 1 heterocycles. The standard InChI is InChI=1S/C21H31NO8/c1-22-11-14(21(28)9-3-2-4-10-21)12-5-7-13(8-6-12)29-20-17(25)15(23)16(24)18(30-20)19(26)27/h5-8,14-18,20,22-25,28H,2-4,9-11H2,1H3,(H,26,27)/t14-,15+,16+,17-,18+,20-/m1/s1. The zero-order valence-corrected chi connectivity index (χ0v) is 17.0. The summed E-state index contributed by atoms with van der Waals surface area (Å²) >= 11 is 0. The topological polar surface area (TPSA) is 149 Å². The second kappa shape index (κ2) is 9.59. The van der Waals surface area contributed by atoms with E-state index in [4.69, 9.17) is 14.6 Å². The third kappa shape index (κ3) is 4.77. The van der Waals surface area contributed by atoms with Gasteiger partial charge in [0.1, 0.15) is 24.1 Å². The Morgan fingerprint density at radius 3 is 2.33 bits per heavy atom. The van der Waals surface area contributed by atoms with E-state index in [0.717, 1.165) is 37.7 Å². The number of nitrogens with one attached hydrogen (secondary N) is 1. The van der Waals surface area contributed by atoms with Crippen molar-refractivity contribution in [1.82, 2.24) is 5.32 Å². The molecule has 9 heteroatoms. The molecule has 0 unspecified atom stereocenters. The van der Waals surface area contributed by atoms with E-state index >= 15 is 0 Å². The maximum absolute atomic E-state index is 11.2. The molecule has 0 aromatic heterocycles. The Hall–Kier alpha value is -1.75. The van der Waals surface area contributed by atoms with E-state index in [1.54, 1.807) is 12.1 Å². The number of hydrogen-bond acceptors (Lipinski definition) is 8. The smallest absolute Gasteiger partial charge is 0.335 e. The fraction of sp³-hybridized carbons (Fsp3) is 0.667. The maximum atomic E-state index is 11.2. The molecular formula is C21H31NO8. The highest BCUT2D eigenvalue weighted by Crippen LogP contribution is 2.40. The summed E-state index contributed by atoms with van der Waals surface area (Å²) in [5.74, 6) is -1.26. The number of ether oxygens (including phenoxy) is 2. The average molecular weight is 425 g/mol. The SMILES string of the molecule is CNC[C@H](c1ccc(O[C@@H]2O[C@H](C(=O)O)[C@@H](O)[C@H](O)[C@H]2O)cc1)C1(O)CCCCC1. The second-order valence-electron chi connectivity index (χ2n) is 8.20. The lowest BCUT2D eigenvalue weighted by Gasteiger charge is -2.40. The van der Waals surface area contributed by atoms with E-state index in [2.05, 4.69) is 5.32 Å². The third-order valence-electron chi connectivity index (χ3n) is 6.12. The summed E-state index contributed by atoms with van der Waals surface area (Å²) < 4.78 is 10.7. The van der Waals surface area contributed by atoms with Gasteiger partial charge in [-0.2, -0.15) is 0 Å². The number of benzene rings is 1. The van der Waals surface area contributed by atoms with Crippen molar-refractivity contribution in [2.75, 3.05) is 13.6 Å². The molecule has 0 amide bonds. The molecule has 1 aromatic carbocycles. The third-order valence-corrected chi connectivity index (χ3v) is 6.12. The first kappa shape index (κ1) is 22.9. The van der Waals surface area contributed by atoms with E-state index in [-0.39, 0.29) is 5.92 Å². The first-order chi connectivity index (χ1) is 14.3. The van der Waals surface area contributed by atoms with Gasteiger partial charge in [-0.1, -0.05) is 31.4 Å². The van der Waals surface area contributed by atoms with Gasteiger partial charge in [0.25, 0.3) is 0 Å². The molecule has 168 valence electrons.